The third-order valence-electron chi connectivity index (χ3n) is 4.53. The zero-order valence-electron chi connectivity index (χ0n) is 12.1. The largest absolute Gasteiger partial charge is 0.444 e. The summed E-state index contributed by atoms with van der Waals surface area (Å²) in [4.78, 5) is 14.3. The molecule has 3 heterocycles. The minimum atomic E-state index is -0.420. The second kappa shape index (κ2) is 4.23. The van der Waals surface area contributed by atoms with Crippen LogP contribution in [0.25, 0.3) is 0 Å². The molecule has 4 heteroatoms. The summed E-state index contributed by atoms with van der Waals surface area (Å²) in [7, 11) is 0. The number of rotatable bonds is 0. The lowest BCUT2D eigenvalue weighted by Gasteiger charge is -2.39. The van der Waals surface area contributed by atoms with E-state index in [0.29, 0.717) is 0 Å². The van der Waals surface area contributed by atoms with Crippen LogP contribution < -0.4 is 5.32 Å². The van der Waals surface area contributed by atoms with Gasteiger partial charge in [-0.15, -0.1) is 0 Å². The van der Waals surface area contributed by atoms with Gasteiger partial charge >= 0.3 is 6.09 Å². The Morgan fingerprint density at radius 1 is 1.42 bits per heavy atom. The molecule has 2 fully saturated rings. The fraction of sp³-hybridized carbons (Fsp3) is 0.800. The summed E-state index contributed by atoms with van der Waals surface area (Å²) >= 11 is 0. The standard InChI is InChI=1S/C15H24N2O2/c1-14(2,3)19-13(18)17-11-5-6-12(17)15(9-11)7-4-8-16-10-15/h5-6,11-12,16H,4,7-10H2,1-3H3/t11-,12+,15+/m1/s1. The number of hydrogen-bond acceptors (Lipinski definition) is 3. The molecule has 4 nitrogen and oxygen atoms in total. The van der Waals surface area contributed by atoms with Gasteiger partial charge in [-0.1, -0.05) is 12.2 Å². The smallest absolute Gasteiger partial charge is 0.411 e. The van der Waals surface area contributed by atoms with E-state index in [-0.39, 0.29) is 23.6 Å². The van der Waals surface area contributed by atoms with Crippen LogP contribution in [-0.2, 0) is 4.74 Å². The minimum absolute atomic E-state index is 0.157. The van der Waals surface area contributed by atoms with Crippen molar-refractivity contribution in [1.29, 1.82) is 0 Å². The first kappa shape index (κ1) is 13.0. The van der Waals surface area contributed by atoms with E-state index in [2.05, 4.69) is 17.5 Å². The molecule has 0 aliphatic carbocycles. The fourth-order valence-corrected chi connectivity index (χ4v) is 3.81. The molecule has 3 atom stereocenters. The second-order valence-corrected chi connectivity index (χ2v) is 7.13. The van der Waals surface area contributed by atoms with E-state index in [1.54, 1.807) is 0 Å². The van der Waals surface area contributed by atoms with Crippen LogP contribution in [0.3, 0.4) is 0 Å². The number of hydrogen-bond donors (Lipinski definition) is 1. The molecule has 3 rings (SSSR count). The highest BCUT2D eigenvalue weighted by atomic mass is 16.6. The molecule has 106 valence electrons. The highest BCUT2D eigenvalue weighted by molar-refractivity contribution is 5.71. The molecule has 0 saturated carbocycles. The molecule has 0 aromatic rings. The number of nitrogens with zero attached hydrogens (tertiary/aromatic N) is 1. The second-order valence-electron chi connectivity index (χ2n) is 7.13. The van der Waals surface area contributed by atoms with E-state index >= 15 is 0 Å². The molecule has 3 aliphatic heterocycles. The van der Waals surface area contributed by atoms with Gasteiger partial charge in [0.15, 0.2) is 0 Å². The van der Waals surface area contributed by atoms with Gasteiger partial charge in [0.05, 0.1) is 12.1 Å². The topological polar surface area (TPSA) is 41.6 Å². The average molecular weight is 264 g/mol. The molecule has 0 aromatic heterocycles. The van der Waals surface area contributed by atoms with E-state index in [4.69, 9.17) is 4.74 Å². The van der Waals surface area contributed by atoms with Gasteiger partial charge in [-0.05, 0) is 46.6 Å². The van der Waals surface area contributed by atoms with Gasteiger partial charge in [-0.2, -0.15) is 0 Å². The van der Waals surface area contributed by atoms with Crippen LogP contribution in [-0.4, -0.2) is 41.8 Å². The quantitative estimate of drug-likeness (QED) is 0.683. The lowest BCUT2D eigenvalue weighted by atomic mass is 9.71. The highest BCUT2D eigenvalue weighted by Crippen LogP contribution is 2.49. The van der Waals surface area contributed by atoms with Gasteiger partial charge < -0.3 is 10.1 Å². The first-order valence-corrected chi connectivity index (χ1v) is 7.32. The van der Waals surface area contributed by atoms with Gasteiger partial charge in [0, 0.05) is 12.0 Å². The predicted octanol–water partition coefficient (Wildman–Crippen LogP) is 2.30. The molecule has 1 amide bonds. The summed E-state index contributed by atoms with van der Waals surface area (Å²) in [5.41, 5.74) is -0.175. The number of fused-ring (bicyclic) bond motifs is 3. The molecule has 1 spiro atoms. The van der Waals surface area contributed by atoms with Crippen LogP contribution in [0.15, 0.2) is 12.2 Å². The maximum absolute atomic E-state index is 12.4. The minimum Gasteiger partial charge on any atom is -0.444 e. The van der Waals surface area contributed by atoms with E-state index in [1.807, 2.05) is 25.7 Å². The van der Waals surface area contributed by atoms with Gasteiger partial charge in [0.1, 0.15) is 5.60 Å². The molecule has 3 aliphatic rings. The summed E-state index contributed by atoms with van der Waals surface area (Å²) in [6.07, 6.45) is 7.74. The first-order valence-electron chi connectivity index (χ1n) is 7.32. The highest BCUT2D eigenvalue weighted by Gasteiger charge is 2.55. The number of piperidine rings is 1. The van der Waals surface area contributed by atoms with E-state index in [9.17, 15) is 4.79 Å². The van der Waals surface area contributed by atoms with E-state index in [1.165, 1.54) is 12.8 Å². The van der Waals surface area contributed by atoms with Crippen molar-refractivity contribution in [2.24, 2.45) is 5.41 Å². The molecule has 2 bridgehead atoms. The third kappa shape index (κ3) is 2.16. The molecule has 0 aromatic carbocycles. The van der Waals surface area contributed by atoms with E-state index < -0.39 is 5.60 Å². The summed E-state index contributed by atoms with van der Waals surface area (Å²) in [5, 5.41) is 3.50. The van der Waals surface area contributed by atoms with Crippen molar-refractivity contribution in [3.8, 4) is 0 Å². The summed E-state index contributed by atoms with van der Waals surface area (Å²) < 4.78 is 5.56. The van der Waals surface area contributed by atoms with Crippen LogP contribution in [0.4, 0.5) is 4.79 Å². The first-order chi connectivity index (χ1) is 8.91. The number of carbonyl (C=O) groups is 1. The summed E-state index contributed by atoms with van der Waals surface area (Å²) in [6, 6.07) is 0.458. The lowest BCUT2D eigenvalue weighted by molar-refractivity contribution is 0.0186. The molecule has 0 unspecified atom stereocenters. The third-order valence-corrected chi connectivity index (χ3v) is 4.53. The number of carbonyl (C=O) groups excluding carboxylic acids is 1. The predicted molar refractivity (Wildman–Crippen MR) is 73.9 cm³/mol. The van der Waals surface area contributed by atoms with Crippen LogP contribution in [0.5, 0.6) is 0 Å². The Bertz CT molecular complexity index is 405. The van der Waals surface area contributed by atoms with Crippen LogP contribution in [0.1, 0.15) is 40.0 Å². The van der Waals surface area contributed by atoms with Crippen molar-refractivity contribution in [1.82, 2.24) is 10.2 Å². The van der Waals surface area contributed by atoms with Crippen molar-refractivity contribution in [2.75, 3.05) is 13.1 Å². The van der Waals surface area contributed by atoms with Crippen molar-refractivity contribution in [3.63, 3.8) is 0 Å². The number of amides is 1. The Hall–Kier alpha value is -1.03. The molecule has 2 saturated heterocycles. The lowest BCUT2D eigenvalue weighted by Crippen LogP contribution is -2.49. The Morgan fingerprint density at radius 3 is 2.84 bits per heavy atom. The van der Waals surface area contributed by atoms with Crippen LogP contribution in [0.2, 0.25) is 0 Å². The Morgan fingerprint density at radius 2 is 2.21 bits per heavy atom. The Kier molecular flexibility index (Phi) is 2.89. The Labute approximate surface area is 115 Å². The molecular weight excluding hydrogens is 240 g/mol. The molecule has 19 heavy (non-hydrogen) atoms. The number of ether oxygens (including phenoxy) is 1. The normalized spacial score (nSPS) is 37.1. The SMILES string of the molecule is CC(C)(C)OC(=O)N1[C@@H]2C=C[C@H]1[C@@]1(CCCNC1)C2. The fourth-order valence-electron chi connectivity index (χ4n) is 3.81. The maximum atomic E-state index is 12.4. The van der Waals surface area contributed by atoms with Gasteiger partial charge in [0.2, 0.25) is 0 Å². The van der Waals surface area contributed by atoms with Crippen molar-refractivity contribution < 1.29 is 9.53 Å². The van der Waals surface area contributed by atoms with Crippen LogP contribution >= 0.6 is 0 Å². The Balaban J connectivity index is 1.77. The molecule has 0 radical (unpaired) electrons. The maximum Gasteiger partial charge on any atom is 0.411 e. The molecular formula is C15H24N2O2. The zero-order chi connectivity index (χ0) is 13.7. The van der Waals surface area contributed by atoms with Gasteiger partial charge in [-0.3, -0.25) is 4.90 Å². The summed E-state index contributed by atoms with van der Waals surface area (Å²) in [5.74, 6) is 0. The molecule has 1 N–H and O–H groups in total. The zero-order valence-corrected chi connectivity index (χ0v) is 12.1. The van der Waals surface area contributed by atoms with Crippen molar-refractivity contribution in [2.45, 2.75) is 57.7 Å². The van der Waals surface area contributed by atoms with Crippen molar-refractivity contribution in [3.05, 3.63) is 12.2 Å². The summed E-state index contributed by atoms with van der Waals surface area (Å²) in [6.45, 7) is 7.91. The van der Waals surface area contributed by atoms with Crippen molar-refractivity contribution >= 4 is 6.09 Å². The average Bonchev–Trinajstić information content (AvgIpc) is 2.83. The monoisotopic (exact) mass is 264 g/mol. The van der Waals surface area contributed by atoms with Gasteiger partial charge in [-0.25, -0.2) is 4.79 Å². The van der Waals surface area contributed by atoms with Gasteiger partial charge in [0.25, 0.3) is 0 Å². The number of nitrogens with one attached hydrogen (secondary N) is 1. The van der Waals surface area contributed by atoms with Crippen LogP contribution in [0, 0.1) is 5.41 Å². The van der Waals surface area contributed by atoms with E-state index in [0.717, 1.165) is 19.5 Å².